The van der Waals surface area contributed by atoms with E-state index in [1.807, 2.05) is 10.6 Å². The van der Waals surface area contributed by atoms with Crippen LogP contribution in [-0.2, 0) is 4.79 Å². The number of hydrogen-bond donors (Lipinski definition) is 4. The maximum atomic E-state index is 13.6. The second-order valence-corrected chi connectivity index (χ2v) is 3.73. The largest absolute Gasteiger partial charge is 0.480 e. The molecule has 0 aromatic heterocycles. The minimum absolute atomic E-state index is 0.119. The van der Waals surface area contributed by atoms with Crippen LogP contribution in [0.1, 0.15) is 5.56 Å². The van der Waals surface area contributed by atoms with Gasteiger partial charge in [0, 0.05) is 0 Å². The Morgan fingerprint density at radius 3 is 2.53 bits per heavy atom. The molecule has 2 amide bonds. The summed E-state index contributed by atoms with van der Waals surface area (Å²) >= 11 is 0. The summed E-state index contributed by atoms with van der Waals surface area (Å²) in [6.45, 7) is 0.535. The molecular formula is C11H12F2N2O4. The average Bonchev–Trinajstić information content (AvgIpc) is 2.36. The first kappa shape index (κ1) is 14.8. The molecule has 0 radical (unpaired) electrons. The lowest BCUT2D eigenvalue weighted by atomic mass is 10.2. The van der Waals surface area contributed by atoms with Gasteiger partial charge in [0.1, 0.15) is 11.5 Å². The molecule has 1 rings (SSSR count). The number of carbonyl (C=O) groups excluding carboxylic acids is 1. The number of rotatable bonds is 4. The summed E-state index contributed by atoms with van der Waals surface area (Å²) in [6, 6.07) is -0.531. The monoisotopic (exact) mass is 274 g/mol. The topological polar surface area (TPSA) is 98.7 Å². The van der Waals surface area contributed by atoms with E-state index >= 15 is 0 Å². The van der Waals surface area contributed by atoms with Gasteiger partial charge in [0.25, 0.3) is 0 Å². The zero-order valence-electron chi connectivity index (χ0n) is 9.91. The van der Waals surface area contributed by atoms with Gasteiger partial charge < -0.3 is 20.8 Å². The zero-order chi connectivity index (χ0) is 14.6. The van der Waals surface area contributed by atoms with Crippen molar-refractivity contribution in [3.8, 4) is 0 Å². The number of anilines is 1. The summed E-state index contributed by atoms with van der Waals surface area (Å²) in [5.74, 6) is -3.41. The number of aliphatic hydroxyl groups is 1. The molecule has 0 saturated heterocycles. The van der Waals surface area contributed by atoms with E-state index in [1.54, 1.807) is 0 Å². The normalized spacial score (nSPS) is 11.8. The number of nitrogens with one attached hydrogen (secondary N) is 2. The van der Waals surface area contributed by atoms with Crippen molar-refractivity contribution in [2.24, 2.45) is 0 Å². The molecule has 0 fully saturated rings. The lowest BCUT2D eigenvalue weighted by Crippen LogP contribution is -2.45. The number of urea groups is 1. The highest BCUT2D eigenvalue weighted by atomic mass is 19.1. The lowest BCUT2D eigenvalue weighted by Gasteiger charge is -2.14. The van der Waals surface area contributed by atoms with E-state index in [2.05, 4.69) is 0 Å². The molecule has 1 aromatic carbocycles. The third-order valence-corrected chi connectivity index (χ3v) is 2.31. The molecule has 0 aliphatic heterocycles. The number of carboxylic acid groups (broad SMARTS) is 1. The van der Waals surface area contributed by atoms with E-state index < -0.39 is 42.0 Å². The SMILES string of the molecule is Cc1ccc(F)c(NC(=O)NC(CO)C(=O)O)c1F. The smallest absolute Gasteiger partial charge is 0.328 e. The van der Waals surface area contributed by atoms with Crippen molar-refractivity contribution in [1.82, 2.24) is 5.32 Å². The number of carboxylic acids is 1. The minimum atomic E-state index is -1.56. The van der Waals surface area contributed by atoms with Crippen LogP contribution in [0.15, 0.2) is 12.1 Å². The van der Waals surface area contributed by atoms with E-state index in [-0.39, 0.29) is 5.56 Å². The van der Waals surface area contributed by atoms with Crippen LogP contribution in [0.5, 0.6) is 0 Å². The van der Waals surface area contributed by atoms with Crippen molar-refractivity contribution in [3.05, 3.63) is 29.3 Å². The predicted octanol–water partition coefficient (Wildman–Crippen LogP) is 0.840. The molecule has 1 aromatic rings. The highest BCUT2D eigenvalue weighted by Crippen LogP contribution is 2.21. The van der Waals surface area contributed by atoms with Crippen molar-refractivity contribution in [2.45, 2.75) is 13.0 Å². The molecule has 1 atom stereocenters. The van der Waals surface area contributed by atoms with Crippen LogP contribution in [0.3, 0.4) is 0 Å². The van der Waals surface area contributed by atoms with Crippen molar-refractivity contribution in [2.75, 3.05) is 11.9 Å². The number of amides is 2. The standard InChI is InChI=1S/C11H12F2N2O4/c1-5-2-3-6(12)9(8(5)13)15-11(19)14-7(4-16)10(17)18/h2-3,7,16H,4H2,1H3,(H,17,18)(H2,14,15,19). The third-order valence-electron chi connectivity index (χ3n) is 2.31. The van der Waals surface area contributed by atoms with Crippen molar-refractivity contribution in [1.29, 1.82) is 0 Å². The van der Waals surface area contributed by atoms with Gasteiger partial charge in [0.2, 0.25) is 0 Å². The van der Waals surface area contributed by atoms with E-state index in [1.165, 1.54) is 13.0 Å². The van der Waals surface area contributed by atoms with E-state index in [0.29, 0.717) is 0 Å². The van der Waals surface area contributed by atoms with Crippen molar-refractivity contribution >= 4 is 17.7 Å². The van der Waals surface area contributed by atoms with Gasteiger partial charge in [-0.1, -0.05) is 6.07 Å². The van der Waals surface area contributed by atoms with E-state index in [4.69, 9.17) is 10.2 Å². The highest BCUT2D eigenvalue weighted by molar-refractivity contribution is 5.92. The minimum Gasteiger partial charge on any atom is -0.480 e. The number of hydrogen-bond acceptors (Lipinski definition) is 3. The summed E-state index contributed by atoms with van der Waals surface area (Å²) < 4.78 is 26.9. The third kappa shape index (κ3) is 3.62. The molecule has 6 nitrogen and oxygen atoms in total. The molecule has 1 unspecified atom stereocenters. The lowest BCUT2D eigenvalue weighted by molar-refractivity contribution is -0.140. The van der Waals surface area contributed by atoms with E-state index in [0.717, 1.165) is 6.07 Å². The summed E-state index contributed by atoms with van der Waals surface area (Å²) in [4.78, 5) is 21.9. The van der Waals surface area contributed by atoms with Crippen LogP contribution < -0.4 is 10.6 Å². The first-order chi connectivity index (χ1) is 8.86. The van der Waals surface area contributed by atoms with Gasteiger partial charge in [0.15, 0.2) is 11.9 Å². The van der Waals surface area contributed by atoms with Gasteiger partial charge >= 0.3 is 12.0 Å². The van der Waals surface area contributed by atoms with Gasteiger partial charge in [-0.05, 0) is 18.6 Å². The van der Waals surface area contributed by atoms with Gasteiger partial charge in [0.05, 0.1) is 6.61 Å². The molecule has 19 heavy (non-hydrogen) atoms. The Kier molecular flexibility index (Phi) is 4.76. The second kappa shape index (κ2) is 6.10. The Morgan fingerprint density at radius 2 is 2.00 bits per heavy atom. The molecule has 0 aliphatic carbocycles. The van der Waals surface area contributed by atoms with Gasteiger partial charge in [-0.2, -0.15) is 0 Å². The highest BCUT2D eigenvalue weighted by Gasteiger charge is 2.20. The maximum Gasteiger partial charge on any atom is 0.328 e. The van der Waals surface area contributed by atoms with Gasteiger partial charge in [-0.25, -0.2) is 18.4 Å². The first-order valence-electron chi connectivity index (χ1n) is 5.22. The number of aliphatic hydroxyl groups excluding tert-OH is 1. The summed E-state index contributed by atoms with van der Waals surface area (Å²) in [5.41, 5.74) is -0.562. The fourth-order valence-electron chi connectivity index (χ4n) is 1.26. The Hall–Kier alpha value is -2.22. The number of benzene rings is 1. The molecule has 0 spiro atoms. The zero-order valence-corrected chi connectivity index (χ0v) is 9.91. The van der Waals surface area contributed by atoms with Gasteiger partial charge in [-0.15, -0.1) is 0 Å². The molecule has 0 saturated carbocycles. The van der Waals surface area contributed by atoms with Crippen LogP contribution >= 0.6 is 0 Å². The molecule has 104 valence electrons. The van der Waals surface area contributed by atoms with Crippen molar-refractivity contribution < 1.29 is 28.6 Å². The molecular weight excluding hydrogens is 262 g/mol. The average molecular weight is 274 g/mol. The first-order valence-corrected chi connectivity index (χ1v) is 5.22. The quantitative estimate of drug-likeness (QED) is 0.654. The van der Waals surface area contributed by atoms with Crippen LogP contribution in [0.4, 0.5) is 19.3 Å². The Balaban J connectivity index is 2.83. The molecule has 8 heteroatoms. The van der Waals surface area contributed by atoms with Crippen LogP contribution in [0, 0.1) is 18.6 Å². The number of aryl methyl sites for hydroxylation is 1. The molecule has 0 bridgehead atoms. The number of halogens is 2. The van der Waals surface area contributed by atoms with Crippen molar-refractivity contribution in [3.63, 3.8) is 0 Å². The Morgan fingerprint density at radius 1 is 1.37 bits per heavy atom. The Bertz CT molecular complexity index is 508. The summed E-state index contributed by atoms with van der Waals surface area (Å²) in [7, 11) is 0. The number of aliphatic carboxylic acids is 1. The summed E-state index contributed by atoms with van der Waals surface area (Å²) in [6.07, 6.45) is 0. The molecule has 4 N–H and O–H groups in total. The molecule has 0 heterocycles. The second-order valence-electron chi connectivity index (χ2n) is 3.73. The van der Waals surface area contributed by atoms with Crippen LogP contribution in [-0.4, -0.2) is 34.9 Å². The predicted molar refractivity (Wildman–Crippen MR) is 61.8 cm³/mol. The maximum absolute atomic E-state index is 13.6. The fraction of sp³-hybridized carbons (Fsp3) is 0.273. The van der Waals surface area contributed by atoms with E-state index in [9.17, 15) is 18.4 Å². The van der Waals surface area contributed by atoms with Crippen LogP contribution in [0.2, 0.25) is 0 Å². The Labute approximate surface area is 107 Å². The number of carbonyl (C=O) groups is 2. The van der Waals surface area contributed by atoms with Gasteiger partial charge in [-0.3, -0.25) is 0 Å². The molecule has 0 aliphatic rings. The summed E-state index contributed by atoms with van der Waals surface area (Å²) in [5, 5.41) is 21.0. The van der Waals surface area contributed by atoms with Crippen LogP contribution in [0.25, 0.3) is 0 Å². The fourth-order valence-corrected chi connectivity index (χ4v) is 1.26.